The Kier molecular flexibility index (Phi) is 3.28. The van der Waals surface area contributed by atoms with Crippen LogP contribution in [-0.4, -0.2) is 14.8 Å². The Bertz CT molecular complexity index is 350. The van der Waals surface area contributed by atoms with Gasteiger partial charge in [-0.05, 0) is 26.2 Å². The average molecular weight is 222 g/mol. The number of nitrogens with zero attached hydrogens (tertiary/aromatic N) is 3. The Morgan fingerprint density at radius 3 is 2.56 bits per heavy atom. The molecule has 1 aliphatic rings. The molecule has 0 radical (unpaired) electrons. The summed E-state index contributed by atoms with van der Waals surface area (Å²) < 4.78 is 2.20. The number of aryl methyl sites for hydroxylation is 1. The number of hydrogen-bond donors (Lipinski definition) is 1. The molecule has 0 spiro atoms. The van der Waals surface area contributed by atoms with Crippen LogP contribution in [0, 0.1) is 6.92 Å². The molecule has 1 aromatic heterocycles. The lowest BCUT2D eigenvalue weighted by atomic mass is 9.82. The second-order valence-corrected chi connectivity index (χ2v) is 4.94. The van der Waals surface area contributed by atoms with Crippen LogP contribution in [0.5, 0.6) is 0 Å². The normalized spacial score (nSPS) is 19.9. The van der Waals surface area contributed by atoms with Gasteiger partial charge < -0.3 is 10.3 Å². The third kappa shape index (κ3) is 1.98. The smallest absolute Gasteiger partial charge is 0.153 e. The zero-order valence-corrected chi connectivity index (χ0v) is 10.4. The van der Waals surface area contributed by atoms with Crippen molar-refractivity contribution in [3.8, 4) is 0 Å². The van der Waals surface area contributed by atoms with Gasteiger partial charge in [-0.3, -0.25) is 0 Å². The van der Waals surface area contributed by atoms with Crippen molar-refractivity contribution in [3.63, 3.8) is 0 Å². The molecule has 0 atom stereocenters. The van der Waals surface area contributed by atoms with E-state index in [-0.39, 0.29) is 5.54 Å². The van der Waals surface area contributed by atoms with Crippen LogP contribution in [-0.2, 0) is 12.1 Å². The first kappa shape index (κ1) is 11.6. The van der Waals surface area contributed by atoms with Crippen LogP contribution in [0.15, 0.2) is 0 Å². The van der Waals surface area contributed by atoms with Crippen molar-refractivity contribution in [2.24, 2.45) is 5.73 Å². The van der Waals surface area contributed by atoms with Crippen LogP contribution in [0.4, 0.5) is 0 Å². The maximum absolute atomic E-state index is 6.50. The highest BCUT2D eigenvalue weighted by atomic mass is 15.3. The van der Waals surface area contributed by atoms with Crippen LogP contribution >= 0.6 is 0 Å². The summed E-state index contributed by atoms with van der Waals surface area (Å²) in [7, 11) is 0. The zero-order chi connectivity index (χ0) is 11.6. The summed E-state index contributed by atoms with van der Waals surface area (Å²) >= 11 is 0. The van der Waals surface area contributed by atoms with Crippen molar-refractivity contribution >= 4 is 0 Å². The van der Waals surface area contributed by atoms with Gasteiger partial charge in [0.05, 0.1) is 5.54 Å². The van der Waals surface area contributed by atoms with Gasteiger partial charge in [0.25, 0.3) is 0 Å². The van der Waals surface area contributed by atoms with E-state index in [0.29, 0.717) is 0 Å². The molecule has 0 amide bonds. The molecule has 0 aromatic carbocycles. The van der Waals surface area contributed by atoms with E-state index in [9.17, 15) is 0 Å². The predicted octanol–water partition coefficient (Wildman–Crippen LogP) is 2.11. The molecule has 4 heteroatoms. The van der Waals surface area contributed by atoms with Gasteiger partial charge >= 0.3 is 0 Å². The first-order valence-corrected chi connectivity index (χ1v) is 6.36. The summed E-state index contributed by atoms with van der Waals surface area (Å²) in [5, 5.41) is 8.51. The molecule has 0 saturated heterocycles. The third-order valence-electron chi connectivity index (χ3n) is 3.57. The summed E-state index contributed by atoms with van der Waals surface area (Å²) in [5.74, 6) is 2.00. The third-order valence-corrected chi connectivity index (χ3v) is 3.57. The van der Waals surface area contributed by atoms with Gasteiger partial charge in [0, 0.05) is 6.54 Å². The molecule has 2 N–H and O–H groups in total. The lowest BCUT2D eigenvalue weighted by Gasteiger charge is -2.32. The molecule has 1 saturated carbocycles. The lowest BCUT2D eigenvalue weighted by molar-refractivity contribution is 0.276. The molecular weight excluding hydrogens is 200 g/mol. The number of nitrogens with two attached hydrogens (primary N) is 1. The summed E-state index contributed by atoms with van der Waals surface area (Å²) in [6.45, 7) is 5.17. The van der Waals surface area contributed by atoms with Crippen LogP contribution in [0.1, 0.15) is 57.1 Å². The largest absolute Gasteiger partial charge is 0.319 e. The zero-order valence-electron chi connectivity index (χ0n) is 10.4. The highest BCUT2D eigenvalue weighted by Gasteiger charge is 2.34. The number of rotatable bonds is 3. The first-order valence-electron chi connectivity index (χ1n) is 6.36. The number of hydrogen-bond acceptors (Lipinski definition) is 3. The summed E-state index contributed by atoms with van der Waals surface area (Å²) in [6.07, 6.45) is 6.94. The van der Waals surface area contributed by atoms with E-state index >= 15 is 0 Å². The summed E-state index contributed by atoms with van der Waals surface area (Å²) in [5.41, 5.74) is 6.27. The van der Waals surface area contributed by atoms with E-state index in [4.69, 9.17) is 5.73 Å². The topological polar surface area (TPSA) is 56.7 Å². The quantitative estimate of drug-likeness (QED) is 0.852. The van der Waals surface area contributed by atoms with Crippen LogP contribution in [0.2, 0.25) is 0 Å². The van der Waals surface area contributed by atoms with Gasteiger partial charge in [-0.15, -0.1) is 10.2 Å². The standard InChI is InChI=1S/C12H22N4/c1-3-9-16-10(2)14-15-11(16)12(13)7-5-4-6-8-12/h3-9,13H2,1-2H3. The van der Waals surface area contributed by atoms with E-state index in [0.717, 1.165) is 37.5 Å². The first-order chi connectivity index (χ1) is 7.67. The molecule has 1 heterocycles. The molecule has 1 aliphatic carbocycles. The molecule has 1 aromatic rings. The van der Waals surface area contributed by atoms with Gasteiger partial charge in [-0.25, -0.2) is 0 Å². The fourth-order valence-electron chi connectivity index (χ4n) is 2.65. The van der Waals surface area contributed by atoms with Crippen molar-refractivity contribution in [2.45, 2.75) is 64.5 Å². The molecule has 0 unspecified atom stereocenters. The van der Waals surface area contributed by atoms with Gasteiger partial charge in [0.1, 0.15) is 5.82 Å². The maximum Gasteiger partial charge on any atom is 0.153 e. The Balaban J connectivity index is 2.30. The second-order valence-electron chi connectivity index (χ2n) is 4.94. The summed E-state index contributed by atoms with van der Waals surface area (Å²) in [6, 6.07) is 0. The van der Waals surface area contributed by atoms with E-state index < -0.39 is 0 Å². The molecule has 16 heavy (non-hydrogen) atoms. The molecule has 90 valence electrons. The Morgan fingerprint density at radius 1 is 1.25 bits per heavy atom. The molecular formula is C12H22N4. The molecule has 2 rings (SSSR count). The van der Waals surface area contributed by atoms with Gasteiger partial charge in [-0.1, -0.05) is 26.2 Å². The van der Waals surface area contributed by atoms with Gasteiger partial charge in [0.2, 0.25) is 0 Å². The monoisotopic (exact) mass is 222 g/mol. The maximum atomic E-state index is 6.50. The van der Waals surface area contributed by atoms with Crippen LogP contribution in [0.3, 0.4) is 0 Å². The van der Waals surface area contributed by atoms with E-state index in [2.05, 4.69) is 21.7 Å². The van der Waals surface area contributed by atoms with Crippen molar-refractivity contribution < 1.29 is 0 Å². The molecule has 0 bridgehead atoms. The Hall–Kier alpha value is -0.900. The van der Waals surface area contributed by atoms with Gasteiger partial charge in [0.15, 0.2) is 5.82 Å². The summed E-state index contributed by atoms with van der Waals surface area (Å²) in [4.78, 5) is 0. The van der Waals surface area contributed by atoms with Crippen molar-refractivity contribution in [1.82, 2.24) is 14.8 Å². The van der Waals surface area contributed by atoms with Gasteiger partial charge in [-0.2, -0.15) is 0 Å². The van der Waals surface area contributed by atoms with Crippen LogP contribution < -0.4 is 5.73 Å². The van der Waals surface area contributed by atoms with E-state index in [1.54, 1.807) is 0 Å². The number of aromatic nitrogens is 3. The minimum absolute atomic E-state index is 0.227. The minimum atomic E-state index is -0.227. The predicted molar refractivity (Wildman–Crippen MR) is 64.0 cm³/mol. The van der Waals surface area contributed by atoms with Crippen molar-refractivity contribution in [1.29, 1.82) is 0 Å². The highest BCUT2D eigenvalue weighted by molar-refractivity contribution is 5.09. The highest BCUT2D eigenvalue weighted by Crippen LogP contribution is 2.33. The lowest BCUT2D eigenvalue weighted by Crippen LogP contribution is -2.41. The molecule has 0 aliphatic heterocycles. The Morgan fingerprint density at radius 2 is 1.94 bits per heavy atom. The molecule has 4 nitrogen and oxygen atoms in total. The minimum Gasteiger partial charge on any atom is -0.319 e. The van der Waals surface area contributed by atoms with Crippen LogP contribution in [0.25, 0.3) is 0 Å². The SMILES string of the molecule is CCCn1c(C)nnc1C1(N)CCCCC1. The van der Waals surface area contributed by atoms with E-state index in [1.807, 2.05) is 6.92 Å². The van der Waals surface area contributed by atoms with Crippen molar-refractivity contribution in [3.05, 3.63) is 11.6 Å². The Labute approximate surface area is 97.2 Å². The average Bonchev–Trinajstić information content (AvgIpc) is 2.63. The van der Waals surface area contributed by atoms with Crippen molar-refractivity contribution in [2.75, 3.05) is 0 Å². The fourth-order valence-corrected chi connectivity index (χ4v) is 2.65. The van der Waals surface area contributed by atoms with E-state index in [1.165, 1.54) is 19.3 Å². The fraction of sp³-hybridized carbons (Fsp3) is 0.833. The molecule has 1 fully saturated rings. The second kappa shape index (κ2) is 4.53.